The highest BCUT2D eigenvalue weighted by Gasteiger charge is 2.07. The number of hydrogen-bond donors (Lipinski definition) is 0. The Labute approximate surface area is 114 Å². The lowest BCUT2D eigenvalue weighted by atomic mass is 10.2. The minimum absolute atomic E-state index is 0.787. The number of aliphatic imine (C=N–C) groups is 1. The Hall–Kier alpha value is -1.64. The van der Waals surface area contributed by atoms with Crippen molar-refractivity contribution in [3.8, 4) is 0 Å². The fourth-order valence-corrected chi connectivity index (χ4v) is 3.12. The Morgan fingerprint density at radius 2 is 1.67 bits per heavy atom. The van der Waals surface area contributed by atoms with Crippen molar-refractivity contribution < 1.29 is 0 Å². The van der Waals surface area contributed by atoms with Crippen LogP contribution in [0, 0.1) is 0 Å². The average molecular weight is 272 g/mol. The van der Waals surface area contributed by atoms with Crippen LogP contribution in [0.2, 0.25) is 5.02 Å². The zero-order chi connectivity index (χ0) is 12.4. The van der Waals surface area contributed by atoms with Gasteiger partial charge in [0, 0.05) is 16.3 Å². The van der Waals surface area contributed by atoms with E-state index in [-0.39, 0.29) is 0 Å². The summed E-state index contributed by atoms with van der Waals surface area (Å²) in [5, 5.41) is 1.88. The van der Waals surface area contributed by atoms with E-state index in [0.717, 1.165) is 21.0 Å². The van der Waals surface area contributed by atoms with Crippen molar-refractivity contribution in [2.75, 3.05) is 0 Å². The summed E-state index contributed by atoms with van der Waals surface area (Å²) in [7, 11) is 0. The summed E-state index contributed by atoms with van der Waals surface area (Å²) in [5.41, 5.74) is 0.936. The summed E-state index contributed by atoms with van der Waals surface area (Å²) in [6.07, 6.45) is 1.84. The molecule has 0 aliphatic carbocycles. The molecule has 0 spiro atoms. The largest absolute Gasteiger partial charge is 0.255 e. The van der Waals surface area contributed by atoms with Crippen LogP contribution in [0.25, 0.3) is 10.1 Å². The normalized spacial score (nSPS) is 11.4. The maximum atomic E-state index is 6.34. The van der Waals surface area contributed by atoms with E-state index in [1.807, 2.05) is 54.7 Å². The van der Waals surface area contributed by atoms with E-state index in [1.54, 1.807) is 11.3 Å². The second kappa shape index (κ2) is 4.92. The number of rotatable bonds is 2. The van der Waals surface area contributed by atoms with E-state index >= 15 is 0 Å². The van der Waals surface area contributed by atoms with E-state index in [4.69, 9.17) is 11.6 Å². The van der Waals surface area contributed by atoms with Gasteiger partial charge in [-0.15, -0.1) is 11.3 Å². The molecule has 88 valence electrons. The van der Waals surface area contributed by atoms with Gasteiger partial charge in [0.25, 0.3) is 0 Å². The highest BCUT2D eigenvalue weighted by molar-refractivity contribution is 7.21. The lowest BCUT2D eigenvalue weighted by Gasteiger charge is -1.91. The van der Waals surface area contributed by atoms with Gasteiger partial charge in [0.2, 0.25) is 0 Å². The van der Waals surface area contributed by atoms with Crippen LogP contribution >= 0.6 is 22.9 Å². The fraction of sp³-hybridized carbons (Fsp3) is 0. The number of para-hydroxylation sites is 1. The third-order valence-corrected chi connectivity index (χ3v) is 4.27. The van der Waals surface area contributed by atoms with Crippen LogP contribution in [0.1, 0.15) is 4.88 Å². The number of halogens is 1. The number of nitrogens with zero attached hydrogens (tertiary/aromatic N) is 1. The van der Waals surface area contributed by atoms with E-state index in [9.17, 15) is 0 Å². The van der Waals surface area contributed by atoms with Crippen molar-refractivity contribution >= 4 is 44.9 Å². The van der Waals surface area contributed by atoms with Crippen molar-refractivity contribution in [3.63, 3.8) is 0 Å². The van der Waals surface area contributed by atoms with Gasteiger partial charge in [-0.25, -0.2) is 0 Å². The first-order valence-corrected chi connectivity index (χ1v) is 6.80. The van der Waals surface area contributed by atoms with Gasteiger partial charge in [-0.1, -0.05) is 48.0 Å². The molecule has 3 heteroatoms. The zero-order valence-electron chi connectivity index (χ0n) is 9.51. The van der Waals surface area contributed by atoms with Gasteiger partial charge in [-0.2, -0.15) is 0 Å². The molecule has 0 fully saturated rings. The quantitative estimate of drug-likeness (QED) is 0.561. The fourth-order valence-electron chi connectivity index (χ4n) is 1.76. The van der Waals surface area contributed by atoms with Gasteiger partial charge in [0.1, 0.15) is 0 Å². The first kappa shape index (κ1) is 11.5. The van der Waals surface area contributed by atoms with Crippen LogP contribution in [-0.4, -0.2) is 6.21 Å². The predicted molar refractivity (Wildman–Crippen MR) is 80.5 cm³/mol. The first-order valence-electron chi connectivity index (χ1n) is 5.61. The Kier molecular flexibility index (Phi) is 3.13. The molecule has 3 rings (SSSR count). The number of thiophene rings is 1. The molecule has 1 aromatic heterocycles. The van der Waals surface area contributed by atoms with E-state index in [1.165, 1.54) is 4.70 Å². The molecule has 0 amide bonds. The topological polar surface area (TPSA) is 12.4 Å². The smallest absolute Gasteiger partial charge is 0.0680 e. The zero-order valence-corrected chi connectivity index (χ0v) is 11.1. The predicted octanol–water partition coefficient (Wildman–Crippen LogP) is 5.31. The van der Waals surface area contributed by atoms with Crippen LogP contribution in [0.5, 0.6) is 0 Å². The van der Waals surface area contributed by atoms with Gasteiger partial charge in [0.05, 0.1) is 15.6 Å². The second-order valence-electron chi connectivity index (χ2n) is 3.87. The minimum atomic E-state index is 0.787. The Morgan fingerprint density at radius 3 is 2.44 bits per heavy atom. The molecule has 2 aromatic carbocycles. The van der Waals surface area contributed by atoms with Gasteiger partial charge >= 0.3 is 0 Å². The third kappa shape index (κ3) is 2.17. The molecular formula is C15H10ClNS. The summed E-state index contributed by atoms with van der Waals surface area (Å²) >= 11 is 8.00. The van der Waals surface area contributed by atoms with E-state index < -0.39 is 0 Å². The van der Waals surface area contributed by atoms with Crippen molar-refractivity contribution in [3.05, 3.63) is 64.5 Å². The van der Waals surface area contributed by atoms with Crippen LogP contribution in [0.15, 0.2) is 59.6 Å². The molecule has 0 saturated heterocycles. The van der Waals surface area contributed by atoms with Crippen LogP contribution in [0.4, 0.5) is 5.69 Å². The van der Waals surface area contributed by atoms with Crippen LogP contribution in [-0.2, 0) is 0 Å². The van der Waals surface area contributed by atoms with Gasteiger partial charge in [-0.3, -0.25) is 4.99 Å². The third-order valence-electron chi connectivity index (χ3n) is 2.65. The average Bonchev–Trinajstić information content (AvgIpc) is 2.75. The maximum absolute atomic E-state index is 6.34. The Morgan fingerprint density at radius 1 is 0.944 bits per heavy atom. The second-order valence-corrected chi connectivity index (χ2v) is 5.33. The molecule has 0 saturated carbocycles. The summed E-state index contributed by atoms with van der Waals surface area (Å²) in [6, 6.07) is 18.0. The van der Waals surface area contributed by atoms with Gasteiger partial charge < -0.3 is 0 Å². The van der Waals surface area contributed by atoms with Crippen molar-refractivity contribution in [1.29, 1.82) is 0 Å². The molecule has 18 heavy (non-hydrogen) atoms. The lowest BCUT2D eigenvalue weighted by Crippen LogP contribution is -1.73. The standard InChI is InChI=1S/C15H10ClNS/c16-15-12-8-4-5-9-13(12)18-14(15)10-17-11-6-2-1-3-7-11/h1-10H. The highest BCUT2D eigenvalue weighted by Crippen LogP contribution is 2.34. The van der Waals surface area contributed by atoms with Gasteiger partial charge in [0.15, 0.2) is 0 Å². The van der Waals surface area contributed by atoms with Crippen molar-refractivity contribution in [2.24, 2.45) is 4.99 Å². The monoisotopic (exact) mass is 271 g/mol. The molecule has 0 unspecified atom stereocenters. The molecule has 3 aromatic rings. The minimum Gasteiger partial charge on any atom is -0.255 e. The summed E-state index contributed by atoms with van der Waals surface area (Å²) in [4.78, 5) is 5.44. The van der Waals surface area contributed by atoms with Crippen molar-refractivity contribution in [2.45, 2.75) is 0 Å². The Bertz CT molecular complexity index is 701. The Balaban J connectivity index is 2.00. The molecule has 0 atom stereocenters. The molecule has 0 N–H and O–H groups in total. The summed E-state index contributed by atoms with van der Waals surface area (Å²) in [5.74, 6) is 0. The number of hydrogen-bond acceptors (Lipinski definition) is 2. The van der Waals surface area contributed by atoms with E-state index in [0.29, 0.717) is 0 Å². The summed E-state index contributed by atoms with van der Waals surface area (Å²) in [6.45, 7) is 0. The molecule has 0 aliphatic rings. The molecule has 1 nitrogen and oxygen atoms in total. The van der Waals surface area contributed by atoms with Gasteiger partial charge in [-0.05, 0) is 18.2 Å². The molecule has 1 heterocycles. The number of fused-ring (bicyclic) bond motifs is 1. The highest BCUT2D eigenvalue weighted by atomic mass is 35.5. The van der Waals surface area contributed by atoms with E-state index in [2.05, 4.69) is 11.1 Å². The van der Waals surface area contributed by atoms with Crippen LogP contribution in [0.3, 0.4) is 0 Å². The maximum Gasteiger partial charge on any atom is 0.0680 e. The molecule has 0 aliphatic heterocycles. The molecule has 0 radical (unpaired) electrons. The molecular weight excluding hydrogens is 262 g/mol. The van der Waals surface area contributed by atoms with Crippen molar-refractivity contribution in [1.82, 2.24) is 0 Å². The van der Waals surface area contributed by atoms with Crippen LogP contribution < -0.4 is 0 Å². The SMILES string of the molecule is Clc1c(C=Nc2ccccc2)sc2ccccc12. The lowest BCUT2D eigenvalue weighted by molar-refractivity contribution is 1.54. The molecule has 0 bridgehead atoms. The summed E-state index contributed by atoms with van der Waals surface area (Å²) < 4.78 is 1.19. The number of benzene rings is 2. The first-order chi connectivity index (χ1) is 8.84.